The van der Waals surface area contributed by atoms with Gasteiger partial charge in [-0.15, -0.1) is 0 Å². The molecule has 2 atom stereocenters. The van der Waals surface area contributed by atoms with Gasteiger partial charge in [-0.25, -0.2) is 13.4 Å². The highest BCUT2D eigenvalue weighted by molar-refractivity contribution is 7.90. The Morgan fingerprint density at radius 1 is 1.14 bits per heavy atom. The van der Waals surface area contributed by atoms with Crippen molar-refractivity contribution in [2.75, 3.05) is 23.9 Å². The number of carboxylic acid groups (broad SMARTS) is 1. The zero-order chi connectivity index (χ0) is 25.9. The van der Waals surface area contributed by atoms with Crippen LogP contribution in [0.4, 0.5) is 5.82 Å². The lowest BCUT2D eigenvalue weighted by atomic mass is 9.94. The fraction of sp³-hybridized carbons (Fsp3) is 0.370. The van der Waals surface area contributed by atoms with Crippen LogP contribution in [-0.4, -0.2) is 48.1 Å². The van der Waals surface area contributed by atoms with Crippen LogP contribution in [-0.2, 0) is 21.2 Å². The van der Waals surface area contributed by atoms with Crippen molar-refractivity contribution in [2.24, 2.45) is 5.92 Å². The van der Waals surface area contributed by atoms with Crippen LogP contribution in [0.1, 0.15) is 41.1 Å². The molecule has 0 saturated heterocycles. The summed E-state index contributed by atoms with van der Waals surface area (Å²) in [6.07, 6.45) is 5.63. The number of hydrogen-bond donors (Lipinski definition) is 2. The second kappa shape index (κ2) is 10.7. The van der Waals surface area contributed by atoms with Crippen LogP contribution in [0.25, 0.3) is 11.1 Å². The smallest absolute Gasteiger partial charge is 0.307 e. The first-order chi connectivity index (χ1) is 17.1. The van der Waals surface area contributed by atoms with Gasteiger partial charge in [0.15, 0.2) is 0 Å². The number of aromatic nitrogens is 2. The number of aryl methyl sites for hydroxylation is 2. The van der Waals surface area contributed by atoms with Crippen LogP contribution < -0.4 is 10.1 Å². The van der Waals surface area contributed by atoms with Crippen molar-refractivity contribution in [2.45, 2.75) is 39.2 Å². The number of nitrogens with zero attached hydrogens (tertiary/aromatic N) is 2. The number of carboxylic acids is 1. The van der Waals surface area contributed by atoms with Crippen LogP contribution in [0.3, 0.4) is 0 Å². The molecule has 4 rings (SSSR count). The van der Waals surface area contributed by atoms with Crippen LogP contribution in [0.15, 0.2) is 48.8 Å². The zero-order valence-electron chi connectivity index (χ0n) is 20.7. The first kappa shape index (κ1) is 25.6. The Kier molecular flexibility index (Phi) is 7.59. The van der Waals surface area contributed by atoms with Crippen molar-refractivity contribution >= 4 is 21.6 Å². The predicted molar refractivity (Wildman–Crippen MR) is 139 cm³/mol. The number of hydrogen-bond acceptors (Lipinski definition) is 7. The van der Waals surface area contributed by atoms with E-state index in [1.165, 1.54) is 6.26 Å². The third-order valence-electron chi connectivity index (χ3n) is 6.28. The SMILES string of the molecule is Cc1cc(OCCCS(C)(=O)=O)cc(C)c1-c1cccc(CNc2cnc([C@@H]3C[C@H]3C(=O)O)cn2)c1. The molecule has 190 valence electrons. The number of sulfone groups is 1. The molecule has 0 spiro atoms. The highest BCUT2D eigenvalue weighted by Crippen LogP contribution is 2.46. The van der Waals surface area contributed by atoms with Gasteiger partial charge >= 0.3 is 5.97 Å². The molecule has 2 N–H and O–H groups in total. The molecule has 1 fully saturated rings. The average Bonchev–Trinajstić information content (AvgIpc) is 3.62. The van der Waals surface area contributed by atoms with Crippen LogP contribution >= 0.6 is 0 Å². The molecular formula is C27H31N3O5S. The van der Waals surface area contributed by atoms with Gasteiger partial charge in [-0.05, 0) is 72.7 Å². The molecule has 1 aliphatic rings. The number of benzene rings is 2. The Bertz CT molecular complexity index is 1330. The molecule has 0 bridgehead atoms. The Morgan fingerprint density at radius 2 is 1.89 bits per heavy atom. The van der Waals surface area contributed by atoms with E-state index < -0.39 is 15.8 Å². The molecule has 1 heterocycles. The van der Waals surface area contributed by atoms with Gasteiger partial charge in [-0.3, -0.25) is 9.78 Å². The van der Waals surface area contributed by atoms with Gasteiger partial charge in [-0.2, -0.15) is 0 Å². The fourth-order valence-corrected chi connectivity index (χ4v) is 5.06. The number of nitrogens with one attached hydrogen (secondary N) is 1. The van der Waals surface area contributed by atoms with E-state index in [-0.39, 0.29) is 17.6 Å². The van der Waals surface area contributed by atoms with Crippen molar-refractivity contribution in [3.8, 4) is 16.9 Å². The van der Waals surface area contributed by atoms with Crippen LogP contribution in [0, 0.1) is 19.8 Å². The lowest BCUT2D eigenvalue weighted by Gasteiger charge is -2.15. The van der Waals surface area contributed by atoms with Gasteiger partial charge in [0.05, 0.1) is 36.4 Å². The van der Waals surface area contributed by atoms with Crippen molar-refractivity contribution in [3.63, 3.8) is 0 Å². The van der Waals surface area contributed by atoms with Crippen LogP contribution in [0.5, 0.6) is 5.75 Å². The summed E-state index contributed by atoms with van der Waals surface area (Å²) in [5.41, 5.74) is 6.22. The van der Waals surface area contributed by atoms with Crippen molar-refractivity contribution in [3.05, 3.63) is 71.2 Å². The zero-order valence-corrected chi connectivity index (χ0v) is 21.5. The van der Waals surface area contributed by atoms with Gasteiger partial charge in [0, 0.05) is 18.7 Å². The minimum Gasteiger partial charge on any atom is -0.494 e. The average molecular weight is 510 g/mol. The van der Waals surface area contributed by atoms with E-state index in [1.54, 1.807) is 12.4 Å². The molecule has 36 heavy (non-hydrogen) atoms. The largest absolute Gasteiger partial charge is 0.494 e. The lowest BCUT2D eigenvalue weighted by Crippen LogP contribution is -2.08. The van der Waals surface area contributed by atoms with Gasteiger partial charge in [0.2, 0.25) is 0 Å². The highest BCUT2D eigenvalue weighted by Gasteiger charge is 2.45. The molecule has 1 saturated carbocycles. The predicted octanol–water partition coefficient (Wildman–Crippen LogP) is 4.37. The van der Waals surface area contributed by atoms with E-state index in [4.69, 9.17) is 9.84 Å². The van der Waals surface area contributed by atoms with Crippen molar-refractivity contribution < 1.29 is 23.1 Å². The number of anilines is 1. The Morgan fingerprint density at radius 3 is 2.50 bits per heavy atom. The van der Waals surface area contributed by atoms with E-state index >= 15 is 0 Å². The fourth-order valence-electron chi connectivity index (χ4n) is 4.42. The molecule has 3 aromatic rings. The second-order valence-corrected chi connectivity index (χ2v) is 11.7. The van der Waals surface area contributed by atoms with E-state index in [0.717, 1.165) is 39.3 Å². The minimum absolute atomic E-state index is 0.0310. The summed E-state index contributed by atoms with van der Waals surface area (Å²) >= 11 is 0. The van der Waals surface area contributed by atoms with Gasteiger partial charge in [-0.1, -0.05) is 18.2 Å². The van der Waals surface area contributed by atoms with Crippen molar-refractivity contribution in [1.29, 1.82) is 0 Å². The minimum atomic E-state index is -2.98. The molecule has 1 aromatic heterocycles. The molecule has 0 radical (unpaired) electrons. The number of carbonyl (C=O) groups is 1. The quantitative estimate of drug-likeness (QED) is 0.366. The third kappa shape index (κ3) is 6.60. The third-order valence-corrected chi connectivity index (χ3v) is 7.31. The molecule has 0 unspecified atom stereocenters. The van der Waals surface area contributed by atoms with Gasteiger partial charge in [0.1, 0.15) is 21.4 Å². The Balaban J connectivity index is 1.38. The number of ether oxygens (including phenoxy) is 1. The van der Waals surface area contributed by atoms with Gasteiger partial charge < -0.3 is 15.2 Å². The Labute approximate surface area is 211 Å². The normalized spacial score (nSPS) is 17.0. The van der Waals surface area contributed by atoms with Gasteiger partial charge in [0.25, 0.3) is 0 Å². The maximum atomic E-state index is 11.3. The van der Waals surface area contributed by atoms with E-state index in [0.29, 0.717) is 31.8 Å². The second-order valence-electron chi connectivity index (χ2n) is 9.43. The Hall–Kier alpha value is -3.46. The van der Waals surface area contributed by atoms with E-state index in [9.17, 15) is 13.2 Å². The number of aliphatic carboxylic acids is 1. The standard InChI is InChI=1S/C27H31N3O5S/c1-17-10-21(35-8-5-9-36(3,33)34)11-18(2)26(17)20-7-4-6-19(12-20)14-29-25-16-28-24(15-30-25)22-13-23(22)27(31)32/h4,6-7,10-12,15-16,22-23H,5,8-9,13-14H2,1-3H3,(H,29,30)(H,31,32)/t22-,23-/m1/s1. The summed E-state index contributed by atoms with van der Waals surface area (Å²) in [4.78, 5) is 19.8. The summed E-state index contributed by atoms with van der Waals surface area (Å²) in [6, 6.07) is 12.3. The van der Waals surface area contributed by atoms with Crippen LogP contribution in [0.2, 0.25) is 0 Å². The molecule has 9 heteroatoms. The first-order valence-corrected chi connectivity index (χ1v) is 14.0. The van der Waals surface area contributed by atoms with E-state index in [1.807, 2.05) is 38.1 Å². The maximum Gasteiger partial charge on any atom is 0.307 e. The molecule has 8 nitrogen and oxygen atoms in total. The molecule has 2 aromatic carbocycles. The first-order valence-electron chi connectivity index (χ1n) is 11.9. The molecule has 1 aliphatic carbocycles. The number of rotatable bonds is 11. The highest BCUT2D eigenvalue weighted by atomic mass is 32.2. The summed E-state index contributed by atoms with van der Waals surface area (Å²) < 4.78 is 28.4. The van der Waals surface area contributed by atoms with E-state index in [2.05, 4.69) is 27.4 Å². The summed E-state index contributed by atoms with van der Waals surface area (Å²) in [7, 11) is -2.98. The topological polar surface area (TPSA) is 118 Å². The molecule has 0 amide bonds. The lowest BCUT2D eigenvalue weighted by molar-refractivity contribution is -0.138. The summed E-state index contributed by atoms with van der Waals surface area (Å²) in [5, 5.41) is 12.4. The van der Waals surface area contributed by atoms with Crippen molar-refractivity contribution in [1.82, 2.24) is 9.97 Å². The molecule has 0 aliphatic heterocycles. The summed E-state index contributed by atoms with van der Waals surface area (Å²) in [5.74, 6) is 0.348. The maximum absolute atomic E-state index is 11.3. The summed E-state index contributed by atoms with van der Waals surface area (Å²) in [6.45, 7) is 5.02. The monoisotopic (exact) mass is 509 g/mol. The molecular weight excluding hydrogens is 478 g/mol.